The summed E-state index contributed by atoms with van der Waals surface area (Å²) in [5.41, 5.74) is 7.60. The summed E-state index contributed by atoms with van der Waals surface area (Å²) in [6, 6.07) is 25.0. The first-order valence-electron chi connectivity index (χ1n) is 12.4. The number of aliphatic imine (C=N–C) groups is 1. The largest absolute Gasteiger partial charge is 0.496 e. The lowest BCUT2D eigenvalue weighted by Crippen LogP contribution is -2.53. The summed E-state index contributed by atoms with van der Waals surface area (Å²) in [7, 11) is 1.65. The smallest absolute Gasteiger partial charge is 0.266 e. The SMILES string of the molecule is COc1ccccc1CCNNC(=O)[C@]1(Cc2ccccc2)COC(c2ccc(OCCCO)cc2)=N1. The van der Waals surface area contributed by atoms with Crippen LogP contribution in [-0.4, -0.2) is 55.9 Å². The van der Waals surface area contributed by atoms with Gasteiger partial charge in [0.2, 0.25) is 5.90 Å². The minimum absolute atomic E-state index is 0.0869. The lowest BCUT2D eigenvalue weighted by Gasteiger charge is -2.23. The van der Waals surface area contributed by atoms with Crippen molar-refractivity contribution in [3.05, 3.63) is 95.6 Å². The van der Waals surface area contributed by atoms with Crippen molar-refractivity contribution in [2.45, 2.75) is 24.8 Å². The highest BCUT2D eigenvalue weighted by molar-refractivity contribution is 6.00. The van der Waals surface area contributed by atoms with Crippen molar-refractivity contribution in [1.29, 1.82) is 0 Å². The van der Waals surface area contributed by atoms with Crippen molar-refractivity contribution < 1.29 is 24.1 Å². The quantitative estimate of drug-likeness (QED) is 0.245. The summed E-state index contributed by atoms with van der Waals surface area (Å²) in [4.78, 5) is 18.3. The molecule has 1 aliphatic heterocycles. The van der Waals surface area contributed by atoms with Crippen LogP contribution in [0.15, 0.2) is 83.9 Å². The number of aliphatic hydroxyl groups excluding tert-OH is 1. The Balaban J connectivity index is 1.45. The molecule has 1 amide bonds. The van der Waals surface area contributed by atoms with Crippen LogP contribution in [0.1, 0.15) is 23.1 Å². The van der Waals surface area contributed by atoms with E-state index < -0.39 is 5.54 Å². The molecule has 0 unspecified atom stereocenters. The molecule has 8 nitrogen and oxygen atoms in total. The number of nitrogens with zero attached hydrogens (tertiary/aromatic N) is 1. The summed E-state index contributed by atoms with van der Waals surface area (Å²) >= 11 is 0. The third kappa shape index (κ3) is 6.87. The molecule has 4 rings (SSSR count). The number of benzene rings is 3. The van der Waals surface area contributed by atoms with Gasteiger partial charge in [0.05, 0.1) is 13.7 Å². The van der Waals surface area contributed by atoms with Gasteiger partial charge >= 0.3 is 0 Å². The van der Waals surface area contributed by atoms with E-state index in [2.05, 4.69) is 10.9 Å². The molecule has 0 aliphatic carbocycles. The summed E-state index contributed by atoms with van der Waals surface area (Å²) < 4.78 is 17.0. The van der Waals surface area contributed by atoms with Crippen molar-refractivity contribution in [2.24, 2.45) is 4.99 Å². The first kappa shape index (κ1) is 26.2. The summed E-state index contributed by atoms with van der Waals surface area (Å²) in [5, 5.41) is 8.92. The Morgan fingerprint density at radius 2 is 1.81 bits per heavy atom. The Hall–Kier alpha value is -3.88. The fourth-order valence-corrected chi connectivity index (χ4v) is 4.13. The highest BCUT2D eigenvalue weighted by Crippen LogP contribution is 2.27. The summed E-state index contributed by atoms with van der Waals surface area (Å²) in [6.45, 7) is 1.19. The molecule has 0 spiro atoms. The van der Waals surface area contributed by atoms with Gasteiger partial charge in [0.1, 0.15) is 18.1 Å². The zero-order chi connectivity index (χ0) is 25.9. The lowest BCUT2D eigenvalue weighted by atomic mass is 9.91. The monoisotopic (exact) mass is 503 g/mol. The maximum atomic E-state index is 13.5. The van der Waals surface area contributed by atoms with Gasteiger partial charge in [0, 0.05) is 31.6 Å². The van der Waals surface area contributed by atoms with Crippen molar-refractivity contribution in [1.82, 2.24) is 10.9 Å². The second-order valence-corrected chi connectivity index (χ2v) is 8.79. The van der Waals surface area contributed by atoms with Crippen LogP contribution in [0.5, 0.6) is 11.5 Å². The normalized spacial score (nSPS) is 16.5. The van der Waals surface area contributed by atoms with E-state index >= 15 is 0 Å². The minimum atomic E-state index is -1.11. The second-order valence-electron chi connectivity index (χ2n) is 8.79. The van der Waals surface area contributed by atoms with Gasteiger partial charge in [-0.15, -0.1) is 0 Å². The predicted molar refractivity (Wildman–Crippen MR) is 142 cm³/mol. The number of nitrogens with one attached hydrogen (secondary N) is 2. The maximum absolute atomic E-state index is 13.5. The molecule has 1 aliphatic rings. The number of amides is 1. The number of rotatable bonds is 13. The number of aliphatic hydroxyl groups is 1. The van der Waals surface area contributed by atoms with E-state index in [0.29, 0.717) is 44.1 Å². The molecule has 0 fully saturated rings. The standard InChI is InChI=1S/C29H33N3O5/c1-35-26-11-6-5-10-23(26)16-17-30-32-28(34)29(20-22-8-3-2-4-9-22)21-37-27(31-29)24-12-14-25(15-13-24)36-19-7-18-33/h2-6,8-15,30,33H,7,16-21H2,1H3,(H,32,34)/t29-/m0/s1. The number of carbonyl (C=O) groups is 1. The lowest BCUT2D eigenvalue weighted by molar-refractivity contribution is -0.127. The van der Waals surface area contributed by atoms with Gasteiger partial charge < -0.3 is 19.3 Å². The Morgan fingerprint density at radius 1 is 1.05 bits per heavy atom. The molecule has 3 aromatic carbocycles. The number of hydrogen-bond donors (Lipinski definition) is 3. The van der Waals surface area contributed by atoms with Gasteiger partial charge in [-0.05, 0) is 47.9 Å². The average Bonchev–Trinajstić information content (AvgIpc) is 3.37. The molecule has 0 saturated heterocycles. The van der Waals surface area contributed by atoms with Gasteiger partial charge in [-0.3, -0.25) is 10.2 Å². The highest BCUT2D eigenvalue weighted by atomic mass is 16.5. The van der Waals surface area contributed by atoms with Gasteiger partial charge in [-0.1, -0.05) is 48.5 Å². The van der Waals surface area contributed by atoms with Gasteiger partial charge in [-0.25, -0.2) is 10.4 Å². The molecule has 0 bridgehead atoms. The van der Waals surface area contributed by atoms with E-state index in [1.807, 2.05) is 78.9 Å². The number of ether oxygens (including phenoxy) is 3. The second kappa shape index (κ2) is 12.9. The molecular weight excluding hydrogens is 470 g/mol. The van der Waals surface area contributed by atoms with Crippen LogP contribution in [0.4, 0.5) is 0 Å². The van der Waals surface area contributed by atoms with Crippen molar-refractivity contribution in [3.63, 3.8) is 0 Å². The van der Waals surface area contributed by atoms with E-state index in [4.69, 9.17) is 24.3 Å². The molecule has 3 N–H and O–H groups in total. The Morgan fingerprint density at radius 3 is 2.57 bits per heavy atom. The van der Waals surface area contributed by atoms with Crippen molar-refractivity contribution in [3.8, 4) is 11.5 Å². The topological polar surface area (TPSA) is 101 Å². The van der Waals surface area contributed by atoms with Crippen LogP contribution < -0.4 is 20.3 Å². The van der Waals surface area contributed by atoms with Gasteiger partial charge in [0.25, 0.3) is 5.91 Å². The predicted octanol–water partition coefficient (Wildman–Crippen LogP) is 3.08. The molecule has 3 aromatic rings. The van der Waals surface area contributed by atoms with E-state index in [1.165, 1.54) is 0 Å². The van der Waals surface area contributed by atoms with E-state index in [9.17, 15) is 4.79 Å². The van der Waals surface area contributed by atoms with Crippen LogP contribution in [0.3, 0.4) is 0 Å². The first-order chi connectivity index (χ1) is 18.1. The Bertz CT molecular complexity index is 1180. The van der Waals surface area contributed by atoms with Crippen LogP contribution >= 0.6 is 0 Å². The molecule has 1 atom stereocenters. The molecule has 1 heterocycles. The number of carbonyl (C=O) groups excluding carboxylic acids is 1. The number of methoxy groups -OCH3 is 1. The van der Waals surface area contributed by atoms with E-state index in [0.717, 1.165) is 22.4 Å². The van der Waals surface area contributed by atoms with Crippen LogP contribution in [0.2, 0.25) is 0 Å². The Kier molecular flexibility index (Phi) is 9.13. The fourth-order valence-electron chi connectivity index (χ4n) is 4.13. The zero-order valence-electron chi connectivity index (χ0n) is 21.0. The average molecular weight is 504 g/mol. The molecule has 37 heavy (non-hydrogen) atoms. The molecule has 8 heteroatoms. The number of para-hydroxylation sites is 1. The van der Waals surface area contributed by atoms with Gasteiger partial charge in [-0.2, -0.15) is 0 Å². The number of hydrazine groups is 1. The van der Waals surface area contributed by atoms with E-state index in [1.54, 1.807) is 7.11 Å². The third-order valence-corrected chi connectivity index (χ3v) is 6.11. The molecule has 194 valence electrons. The van der Waals surface area contributed by atoms with Crippen molar-refractivity contribution >= 4 is 11.8 Å². The molecule has 0 saturated carbocycles. The molecule has 0 radical (unpaired) electrons. The molecule has 0 aromatic heterocycles. The van der Waals surface area contributed by atoms with E-state index in [-0.39, 0.29) is 19.1 Å². The van der Waals surface area contributed by atoms with Gasteiger partial charge in [0.15, 0.2) is 5.54 Å². The minimum Gasteiger partial charge on any atom is -0.496 e. The van der Waals surface area contributed by atoms with Crippen LogP contribution in [-0.2, 0) is 22.4 Å². The zero-order valence-corrected chi connectivity index (χ0v) is 21.0. The Labute approximate surface area is 217 Å². The third-order valence-electron chi connectivity index (χ3n) is 6.11. The maximum Gasteiger partial charge on any atom is 0.266 e. The van der Waals surface area contributed by atoms with Crippen LogP contribution in [0, 0.1) is 0 Å². The number of hydrogen-bond acceptors (Lipinski definition) is 7. The highest BCUT2D eigenvalue weighted by Gasteiger charge is 2.44. The summed E-state index contributed by atoms with van der Waals surface area (Å²) in [5.74, 6) is 1.68. The van der Waals surface area contributed by atoms with Crippen molar-refractivity contribution in [2.75, 3.05) is 33.5 Å². The summed E-state index contributed by atoms with van der Waals surface area (Å²) in [6.07, 6.45) is 1.66. The molecular formula is C29H33N3O5. The fraction of sp³-hybridized carbons (Fsp3) is 0.310. The van der Waals surface area contributed by atoms with Crippen LogP contribution in [0.25, 0.3) is 0 Å². The first-order valence-corrected chi connectivity index (χ1v) is 12.4.